The van der Waals surface area contributed by atoms with Crippen LogP contribution in [0.4, 0.5) is 5.69 Å². The molecule has 4 aromatic carbocycles. The molecule has 0 saturated heterocycles. The molecule has 0 saturated carbocycles. The van der Waals surface area contributed by atoms with Gasteiger partial charge in [0.2, 0.25) is 0 Å². The number of halogens is 3. The molecule has 0 aliphatic rings. The Labute approximate surface area is 244 Å². The van der Waals surface area contributed by atoms with Crippen LogP contribution in [0.15, 0.2) is 113 Å². The van der Waals surface area contributed by atoms with Crippen LogP contribution in [0.2, 0.25) is 10.0 Å². The Morgan fingerprint density at radius 3 is 2.21 bits per heavy atom. The number of rotatable bonds is 8. The predicted molar refractivity (Wildman–Crippen MR) is 161 cm³/mol. The maximum atomic E-state index is 13.2. The van der Waals surface area contributed by atoms with E-state index in [0.29, 0.717) is 32.4 Å². The van der Waals surface area contributed by atoms with Crippen molar-refractivity contribution in [3.8, 4) is 0 Å². The van der Waals surface area contributed by atoms with Crippen LogP contribution < -0.4 is 10.6 Å². The number of amides is 2. The van der Waals surface area contributed by atoms with Crippen LogP contribution >= 0.6 is 39.1 Å². The molecule has 0 radical (unpaired) electrons. The third-order valence-corrected chi connectivity index (χ3v) is 6.55. The molecule has 0 unspecified atom stereocenters. The van der Waals surface area contributed by atoms with Crippen LogP contribution in [0.3, 0.4) is 0 Å². The van der Waals surface area contributed by atoms with Crippen LogP contribution in [0.5, 0.6) is 0 Å². The van der Waals surface area contributed by atoms with E-state index >= 15 is 0 Å². The molecule has 2 N–H and O–H groups in total. The summed E-state index contributed by atoms with van der Waals surface area (Å²) in [6.45, 7) is 0. The van der Waals surface area contributed by atoms with E-state index in [2.05, 4.69) is 26.6 Å². The number of hydrogen-bond acceptors (Lipinski definition) is 3. The lowest BCUT2D eigenvalue weighted by Crippen LogP contribution is -2.30. The third kappa shape index (κ3) is 8.01. The van der Waals surface area contributed by atoms with Crippen LogP contribution in [0.25, 0.3) is 12.2 Å². The summed E-state index contributed by atoms with van der Waals surface area (Å²) in [6.07, 6.45) is 4.70. The maximum absolute atomic E-state index is 13.2. The summed E-state index contributed by atoms with van der Waals surface area (Å²) in [5.41, 5.74) is 2.65. The van der Waals surface area contributed by atoms with Crippen molar-refractivity contribution < 1.29 is 14.4 Å². The predicted octanol–water partition coefficient (Wildman–Crippen LogP) is 8.06. The van der Waals surface area contributed by atoms with Gasteiger partial charge in [0.25, 0.3) is 11.8 Å². The maximum Gasteiger partial charge on any atom is 0.272 e. The van der Waals surface area contributed by atoms with Crippen molar-refractivity contribution in [3.63, 3.8) is 0 Å². The Balaban J connectivity index is 1.51. The Hall–Kier alpha value is -3.97. The smallest absolute Gasteiger partial charge is 0.272 e. The largest absolute Gasteiger partial charge is 0.321 e. The van der Waals surface area contributed by atoms with E-state index in [-0.39, 0.29) is 11.5 Å². The fourth-order valence-electron chi connectivity index (χ4n) is 3.51. The molecule has 0 aromatic heterocycles. The van der Waals surface area contributed by atoms with E-state index in [9.17, 15) is 14.4 Å². The van der Waals surface area contributed by atoms with E-state index in [1.807, 2.05) is 24.3 Å². The highest BCUT2D eigenvalue weighted by atomic mass is 79.9. The number of benzene rings is 4. The molecule has 4 aromatic rings. The van der Waals surface area contributed by atoms with Crippen molar-refractivity contribution in [1.82, 2.24) is 5.32 Å². The van der Waals surface area contributed by atoms with Gasteiger partial charge in [0.1, 0.15) is 5.70 Å². The normalized spacial score (nSPS) is 11.3. The lowest BCUT2D eigenvalue weighted by Gasteiger charge is -2.12. The molecule has 2 amide bonds. The number of carbonyl (C=O) groups is 3. The highest BCUT2D eigenvalue weighted by Crippen LogP contribution is 2.23. The molecule has 0 aliphatic heterocycles. The summed E-state index contributed by atoms with van der Waals surface area (Å²) in [7, 11) is 0. The topological polar surface area (TPSA) is 75.3 Å². The summed E-state index contributed by atoms with van der Waals surface area (Å²) in [5, 5.41) is 6.18. The number of anilines is 1. The standard InChI is InChI=1S/C31H21BrCl2N2O3/c32-24-8-4-5-20(17-24)9-16-29(37)21-11-14-26(15-12-21)35-31(39)28(18-23-10-13-25(33)19-27(23)34)36-30(38)22-6-2-1-3-7-22/h1-19H,(H,35,39)(H,36,38)/b16-9+,28-18-. The van der Waals surface area contributed by atoms with Gasteiger partial charge >= 0.3 is 0 Å². The monoisotopic (exact) mass is 618 g/mol. The molecule has 4 rings (SSSR count). The second-order valence-corrected chi connectivity index (χ2v) is 10.1. The number of hydrogen-bond donors (Lipinski definition) is 2. The zero-order chi connectivity index (χ0) is 27.8. The molecule has 194 valence electrons. The number of carbonyl (C=O) groups excluding carboxylic acids is 3. The highest BCUT2D eigenvalue weighted by molar-refractivity contribution is 9.10. The summed E-state index contributed by atoms with van der Waals surface area (Å²) in [5.74, 6) is -1.21. The van der Waals surface area contributed by atoms with Crippen LogP contribution in [0, 0.1) is 0 Å². The fraction of sp³-hybridized carbons (Fsp3) is 0. The first-order valence-electron chi connectivity index (χ1n) is 11.7. The van der Waals surface area contributed by atoms with Gasteiger partial charge in [-0.25, -0.2) is 0 Å². The number of nitrogens with one attached hydrogen (secondary N) is 2. The molecule has 0 aliphatic carbocycles. The Morgan fingerprint density at radius 2 is 1.51 bits per heavy atom. The molecule has 8 heteroatoms. The van der Waals surface area contributed by atoms with Crippen molar-refractivity contribution in [2.45, 2.75) is 0 Å². The molecule has 0 fully saturated rings. The first-order valence-corrected chi connectivity index (χ1v) is 13.3. The average molecular weight is 620 g/mol. The van der Waals surface area contributed by atoms with Gasteiger partial charge in [0.05, 0.1) is 0 Å². The first kappa shape index (κ1) is 28.0. The second-order valence-electron chi connectivity index (χ2n) is 8.33. The lowest BCUT2D eigenvalue weighted by atomic mass is 10.1. The van der Waals surface area contributed by atoms with Gasteiger partial charge in [-0.05, 0) is 83.9 Å². The molecule has 0 heterocycles. The van der Waals surface area contributed by atoms with Crippen molar-refractivity contribution in [3.05, 3.63) is 146 Å². The Bertz CT molecular complexity index is 1580. The minimum absolute atomic E-state index is 0.0230. The summed E-state index contributed by atoms with van der Waals surface area (Å²) < 4.78 is 0.920. The molecular formula is C31H21BrCl2N2O3. The van der Waals surface area contributed by atoms with Gasteiger partial charge in [0.15, 0.2) is 5.78 Å². The zero-order valence-electron chi connectivity index (χ0n) is 20.3. The van der Waals surface area contributed by atoms with E-state index in [1.54, 1.807) is 78.9 Å². The van der Waals surface area contributed by atoms with Crippen LogP contribution in [-0.4, -0.2) is 17.6 Å². The zero-order valence-corrected chi connectivity index (χ0v) is 23.4. The van der Waals surface area contributed by atoms with Crippen molar-refractivity contribution in [1.29, 1.82) is 0 Å². The van der Waals surface area contributed by atoms with Gasteiger partial charge in [-0.1, -0.05) is 81.6 Å². The molecule has 0 atom stereocenters. The van der Waals surface area contributed by atoms with Crippen LogP contribution in [0.1, 0.15) is 31.8 Å². The summed E-state index contributed by atoms with van der Waals surface area (Å²) >= 11 is 15.7. The Kier molecular flexibility index (Phi) is 9.49. The van der Waals surface area contributed by atoms with E-state index < -0.39 is 11.8 Å². The molecular weight excluding hydrogens is 599 g/mol. The quantitative estimate of drug-likeness (QED) is 0.155. The van der Waals surface area contributed by atoms with Gasteiger partial charge in [-0.2, -0.15) is 0 Å². The summed E-state index contributed by atoms with van der Waals surface area (Å²) in [4.78, 5) is 38.6. The van der Waals surface area contributed by atoms with Gasteiger partial charge in [0, 0.05) is 31.3 Å². The van der Waals surface area contributed by atoms with Crippen molar-refractivity contribution in [2.24, 2.45) is 0 Å². The average Bonchev–Trinajstić information content (AvgIpc) is 2.93. The summed E-state index contributed by atoms with van der Waals surface area (Å²) in [6, 6.07) is 27.4. The molecule has 0 bridgehead atoms. The third-order valence-electron chi connectivity index (χ3n) is 5.49. The molecule has 5 nitrogen and oxygen atoms in total. The minimum atomic E-state index is -0.570. The lowest BCUT2D eigenvalue weighted by molar-refractivity contribution is -0.113. The fourth-order valence-corrected chi connectivity index (χ4v) is 4.39. The minimum Gasteiger partial charge on any atom is -0.321 e. The van der Waals surface area contributed by atoms with Gasteiger partial charge in [-0.3, -0.25) is 14.4 Å². The first-order chi connectivity index (χ1) is 18.8. The van der Waals surface area contributed by atoms with Crippen molar-refractivity contribution in [2.75, 3.05) is 5.32 Å². The van der Waals surface area contributed by atoms with E-state index in [1.165, 1.54) is 12.2 Å². The number of ketones is 1. The second kappa shape index (κ2) is 13.2. The highest BCUT2D eigenvalue weighted by Gasteiger charge is 2.16. The van der Waals surface area contributed by atoms with Gasteiger partial charge in [-0.15, -0.1) is 0 Å². The molecule has 39 heavy (non-hydrogen) atoms. The van der Waals surface area contributed by atoms with Gasteiger partial charge < -0.3 is 10.6 Å². The Morgan fingerprint density at radius 1 is 0.769 bits per heavy atom. The van der Waals surface area contributed by atoms with Crippen LogP contribution in [-0.2, 0) is 4.79 Å². The molecule has 0 spiro atoms. The van der Waals surface area contributed by atoms with E-state index in [0.717, 1.165) is 10.0 Å². The SMILES string of the molecule is O=C(Nc1ccc(C(=O)/C=C/c2cccc(Br)c2)cc1)/C(=C/c1ccc(Cl)cc1Cl)NC(=O)c1ccccc1. The number of allylic oxidation sites excluding steroid dienone is 1. The van der Waals surface area contributed by atoms with Crippen molar-refractivity contribution >= 4 is 74.6 Å². The van der Waals surface area contributed by atoms with E-state index in [4.69, 9.17) is 23.2 Å².